The monoisotopic (exact) mass is 744 g/mol. The van der Waals surface area contributed by atoms with E-state index in [-0.39, 0.29) is 34.0 Å². The number of carbonyl (C=O) groups is 1. The number of aromatic nitrogens is 2. The molecule has 1 aliphatic carbocycles. The van der Waals surface area contributed by atoms with Crippen LogP contribution in [-0.4, -0.2) is 68.1 Å². The smallest absolute Gasteiger partial charge is 0.410 e. The number of fused-ring (bicyclic) bond motifs is 2. The van der Waals surface area contributed by atoms with Crippen molar-refractivity contribution >= 4 is 53.2 Å². The Hall–Kier alpha value is -4.12. The number of nitrogens with zero attached hydrogens (tertiary/aromatic N) is 6. The summed E-state index contributed by atoms with van der Waals surface area (Å²) >= 11 is 1.24. The van der Waals surface area contributed by atoms with Gasteiger partial charge in [0, 0.05) is 60.8 Å². The van der Waals surface area contributed by atoms with Crippen molar-refractivity contribution in [1.82, 2.24) is 14.9 Å². The molecule has 4 heterocycles. The van der Waals surface area contributed by atoms with E-state index in [4.69, 9.17) is 19.1 Å². The van der Waals surface area contributed by atoms with E-state index in [0.29, 0.717) is 59.3 Å². The Balaban J connectivity index is 1.27. The van der Waals surface area contributed by atoms with Crippen LogP contribution in [0, 0.1) is 28.4 Å². The van der Waals surface area contributed by atoms with Gasteiger partial charge in [0.1, 0.15) is 33.6 Å². The van der Waals surface area contributed by atoms with Crippen molar-refractivity contribution in [3.05, 3.63) is 64.2 Å². The topological polar surface area (TPSA) is 94.8 Å². The largest absolute Gasteiger partial charge is 0.444 e. The lowest BCUT2D eigenvalue weighted by Crippen LogP contribution is -2.73. The number of likely N-dealkylation sites (tertiary alicyclic amines) is 1. The molecule has 2 aromatic heterocycles. The number of anilines is 3. The summed E-state index contributed by atoms with van der Waals surface area (Å²) in [4.78, 5) is 28.7. The maximum Gasteiger partial charge on any atom is 0.410 e. The average molecular weight is 745 g/mol. The van der Waals surface area contributed by atoms with Gasteiger partial charge in [0.15, 0.2) is 19.3 Å². The first kappa shape index (κ1) is 36.2. The highest BCUT2D eigenvalue weighted by molar-refractivity contribution is 7.16. The van der Waals surface area contributed by atoms with E-state index < -0.39 is 19.7 Å². The molecule has 1 unspecified atom stereocenters. The quantitative estimate of drug-likeness (QED) is 0.180. The summed E-state index contributed by atoms with van der Waals surface area (Å²) in [5.41, 5.74) is 4.06. The number of carbonyl (C=O) groups excluding carboxylic acids is 1. The number of pyridine rings is 1. The second kappa shape index (κ2) is 12.5. The molecular formula is C39H46F2N6O3SSi. The first-order chi connectivity index (χ1) is 24.3. The molecule has 1 spiro atoms. The summed E-state index contributed by atoms with van der Waals surface area (Å²) in [6.07, 6.45) is 0.846. The number of amides is 1. The van der Waals surface area contributed by atoms with Crippen LogP contribution in [0.25, 0.3) is 22.2 Å². The van der Waals surface area contributed by atoms with E-state index in [0.717, 1.165) is 29.1 Å². The number of thiazole rings is 1. The second-order valence-corrected chi connectivity index (χ2v) is 22.8. The van der Waals surface area contributed by atoms with Gasteiger partial charge in [0.05, 0.1) is 17.5 Å². The Kier molecular flexibility index (Phi) is 8.71. The molecule has 1 amide bonds. The van der Waals surface area contributed by atoms with Crippen molar-refractivity contribution in [2.45, 2.75) is 84.2 Å². The fraction of sp³-hybridized carbons (Fsp3) is 0.487. The second-order valence-electron chi connectivity index (χ2n) is 17.1. The fourth-order valence-corrected chi connectivity index (χ4v) is 9.43. The minimum absolute atomic E-state index is 0.0172. The number of nitriles is 1. The molecule has 3 aliphatic rings. The summed E-state index contributed by atoms with van der Waals surface area (Å²) in [5, 5.41) is 11.3. The van der Waals surface area contributed by atoms with Crippen molar-refractivity contribution in [2.24, 2.45) is 5.41 Å². The molecule has 7 rings (SSSR count). The molecule has 2 aliphatic heterocycles. The zero-order valence-corrected chi connectivity index (χ0v) is 33.2. The highest BCUT2D eigenvalue weighted by atomic mass is 32.1. The third kappa shape index (κ3) is 6.43. The van der Waals surface area contributed by atoms with Crippen LogP contribution in [0.4, 0.5) is 30.1 Å². The Morgan fingerprint density at radius 1 is 1.06 bits per heavy atom. The molecule has 1 atom stereocenters. The van der Waals surface area contributed by atoms with Gasteiger partial charge in [0.2, 0.25) is 0 Å². The zero-order chi connectivity index (χ0) is 37.5. The van der Waals surface area contributed by atoms with Gasteiger partial charge in [-0.1, -0.05) is 32.1 Å². The van der Waals surface area contributed by atoms with Gasteiger partial charge >= 0.3 is 6.09 Å². The SMILES string of the molecule is CN(c1nc(-c2ccc(F)cc2)c(C#N)s1)c1c2c(nc3c(F)cc(N4CC5(CN(C(=O)OC(C)(C)C)C5)C4)cc13)C(O[Si](C)(C)C(C)(C)C)CC2. The Labute approximate surface area is 309 Å². The molecule has 52 heavy (non-hydrogen) atoms. The van der Waals surface area contributed by atoms with E-state index in [1.54, 1.807) is 23.1 Å². The summed E-state index contributed by atoms with van der Waals surface area (Å²) in [7, 11) is -0.298. The first-order valence-corrected chi connectivity index (χ1v) is 21.5. The van der Waals surface area contributed by atoms with Gasteiger partial charge in [-0.05, 0) is 88.1 Å². The maximum atomic E-state index is 16.4. The van der Waals surface area contributed by atoms with E-state index in [2.05, 4.69) is 44.8 Å². The van der Waals surface area contributed by atoms with E-state index >= 15 is 4.39 Å². The van der Waals surface area contributed by atoms with Crippen LogP contribution in [0.1, 0.15) is 70.2 Å². The number of hydrogen-bond acceptors (Lipinski definition) is 9. The fourth-order valence-electron chi connectivity index (χ4n) is 7.28. The van der Waals surface area contributed by atoms with E-state index in [9.17, 15) is 14.4 Å². The van der Waals surface area contributed by atoms with Crippen molar-refractivity contribution in [2.75, 3.05) is 43.0 Å². The average Bonchev–Trinajstić information content (AvgIpc) is 3.61. The van der Waals surface area contributed by atoms with Crippen LogP contribution in [0.15, 0.2) is 36.4 Å². The predicted molar refractivity (Wildman–Crippen MR) is 204 cm³/mol. The van der Waals surface area contributed by atoms with Gasteiger partial charge in [0.25, 0.3) is 0 Å². The van der Waals surface area contributed by atoms with Crippen LogP contribution in [0.2, 0.25) is 18.1 Å². The van der Waals surface area contributed by atoms with Crippen LogP contribution in [0.3, 0.4) is 0 Å². The van der Waals surface area contributed by atoms with Crippen molar-refractivity contribution in [3.63, 3.8) is 0 Å². The number of hydrogen-bond donors (Lipinski definition) is 0. The number of rotatable bonds is 6. The molecule has 2 fully saturated rings. The van der Waals surface area contributed by atoms with Crippen LogP contribution in [-0.2, 0) is 15.6 Å². The van der Waals surface area contributed by atoms with Crippen molar-refractivity contribution < 1.29 is 22.7 Å². The Morgan fingerprint density at radius 2 is 1.73 bits per heavy atom. The van der Waals surface area contributed by atoms with Gasteiger partial charge in [-0.3, -0.25) is 0 Å². The highest BCUT2D eigenvalue weighted by Crippen LogP contribution is 2.50. The lowest BCUT2D eigenvalue weighted by Gasteiger charge is -2.60. The van der Waals surface area contributed by atoms with E-state index in [1.165, 1.54) is 23.5 Å². The van der Waals surface area contributed by atoms with Gasteiger partial charge in [-0.25, -0.2) is 23.5 Å². The molecule has 0 radical (unpaired) electrons. The Bertz CT molecular complexity index is 2100. The van der Waals surface area contributed by atoms with Gasteiger partial charge in [-0.15, -0.1) is 0 Å². The van der Waals surface area contributed by atoms with Crippen LogP contribution < -0.4 is 9.80 Å². The minimum Gasteiger partial charge on any atom is -0.444 e. The highest BCUT2D eigenvalue weighted by Gasteiger charge is 2.54. The molecule has 274 valence electrons. The summed E-state index contributed by atoms with van der Waals surface area (Å²) in [6, 6.07) is 11.8. The molecule has 0 N–H and O–H groups in total. The molecule has 2 aromatic carbocycles. The van der Waals surface area contributed by atoms with Crippen LogP contribution >= 0.6 is 11.3 Å². The molecule has 4 aromatic rings. The minimum atomic E-state index is -2.20. The number of benzene rings is 2. The molecule has 0 bridgehead atoms. The normalized spacial score (nSPS) is 18.2. The standard InChI is InChI=1S/C39H46F2N6O3SSi/c1-37(2,3)49-36(48)47-21-39(22-47)19-46(20-39)25-16-27-32(28(41)17-25)43-33-26(14-15-29(33)50-52(8,9)38(4,5)6)34(27)45(7)35-44-31(30(18-42)51-35)23-10-12-24(40)13-11-23/h10-13,16-17,29H,14-15,19-22H2,1-9H3. The van der Waals surface area contributed by atoms with E-state index in [1.807, 2.05) is 38.8 Å². The lowest BCUT2D eigenvalue weighted by molar-refractivity contribution is -0.0453. The van der Waals surface area contributed by atoms with Crippen LogP contribution in [0.5, 0.6) is 0 Å². The zero-order valence-electron chi connectivity index (χ0n) is 31.4. The summed E-state index contributed by atoms with van der Waals surface area (Å²) in [6.45, 7) is 19.2. The summed E-state index contributed by atoms with van der Waals surface area (Å²) in [5.74, 6) is -0.788. The maximum absolute atomic E-state index is 16.4. The number of ether oxygens (including phenoxy) is 1. The molecule has 0 saturated carbocycles. The molecule has 2 saturated heterocycles. The summed E-state index contributed by atoms with van der Waals surface area (Å²) < 4.78 is 42.7. The van der Waals surface area contributed by atoms with Gasteiger partial charge < -0.3 is 23.9 Å². The van der Waals surface area contributed by atoms with Crippen molar-refractivity contribution in [3.8, 4) is 17.3 Å². The third-order valence-electron chi connectivity index (χ3n) is 10.9. The Morgan fingerprint density at radius 3 is 2.35 bits per heavy atom. The third-order valence-corrected chi connectivity index (χ3v) is 16.4. The first-order valence-electron chi connectivity index (χ1n) is 17.8. The van der Waals surface area contributed by atoms with Gasteiger partial charge in [-0.2, -0.15) is 5.26 Å². The molecule has 9 nitrogen and oxygen atoms in total. The predicted octanol–water partition coefficient (Wildman–Crippen LogP) is 9.34. The molecular weight excluding hydrogens is 699 g/mol. The lowest BCUT2D eigenvalue weighted by atomic mass is 9.73. The van der Waals surface area contributed by atoms with Crippen molar-refractivity contribution in [1.29, 1.82) is 5.26 Å². The number of halogens is 2. The molecule has 13 heteroatoms.